The quantitative estimate of drug-likeness (QED) is 0.483. The van der Waals surface area contributed by atoms with Crippen LogP contribution in [0.5, 0.6) is 0 Å². The van der Waals surface area contributed by atoms with Crippen molar-refractivity contribution in [3.63, 3.8) is 0 Å². The number of nitriles is 1. The van der Waals surface area contributed by atoms with Crippen LogP contribution in [-0.2, 0) is 21.5 Å². The Morgan fingerprint density at radius 2 is 1.91 bits per heavy atom. The Balaban J connectivity index is 1.78. The molecule has 0 aliphatic heterocycles. The summed E-state index contributed by atoms with van der Waals surface area (Å²) in [4.78, 5) is 20.8. The standard InChI is InChI=1S/C23H24N6O2S/c1-15(2)22(30)28-20-9-6-17(12-18(20)13-24)21-10-11-26-23(29-21)27-19-7-4-16(5-8-19)14-32(31)25-3/h4-12,15,25H,14H2,1-3H3,(H,28,30)(H,26,27,29). The van der Waals surface area contributed by atoms with E-state index >= 15 is 0 Å². The maximum atomic E-state index is 12.0. The normalized spacial score (nSPS) is 11.6. The average molecular weight is 449 g/mol. The SMILES string of the molecule is CNS(=O)Cc1ccc(Nc2nccc(-c3ccc(NC(=O)C(C)C)c(C#N)c3)n2)cc1. The minimum atomic E-state index is -1.10. The lowest BCUT2D eigenvalue weighted by molar-refractivity contribution is -0.118. The van der Waals surface area contributed by atoms with Crippen molar-refractivity contribution >= 4 is 34.2 Å². The molecule has 1 unspecified atom stereocenters. The number of carbonyl (C=O) groups is 1. The van der Waals surface area contributed by atoms with Gasteiger partial charge in [0.25, 0.3) is 0 Å². The maximum absolute atomic E-state index is 12.0. The van der Waals surface area contributed by atoms with Crippen LogP contribution in [0.15, 0.2) is 54.7 Å². The van der Waals surface area contributed by atoms with Crippen LogP contribution in [0.1, 0.15) is 25.0 Å². The first-order chi connectivity index (χ1) is 15.4. The first kappa shape index (κ1) is 23.1. The van der Waals surface area contributed by atoms with Gasteiger partial charge in [-0.3, -0.25) is 4.79 Å². The molecule has 9 heteroatoms. The number of aromatic nitrogens is 2. The average Bonchev–Trinajstić information content (AvgIpc) is 2.80. The zero-order valence-electron chi connectivity index (χ0n) is 18.0. The molecule has 3 N–H and O–H groups in total. The van der Waals surface area contributed by atoms with Gasteiger partial charge in [-0.15, -0.1) is 0 Å². The summed E-state index contributed by atoms with van der Waals surface area (Å²) < 4.78 is 14.3. The van der Waals surface area contributed by atoms with Gasteiger partial charge in [-0.05, 0) is 42.9 Å². The molecule has 0 aliphatic rings. The van der Waals surface area contributed by atoms with Gasteiger partial charge in [0.05, 0.1) is 33.7 Å². The number of nitrogens with one attached hydrogen (secondary N) is 3. The van der Waals surface area contributed by atoms with Crippen molar-refractivity contribution < 1.29 is 9.00 Å². The van der Waals surface area contributed by atoms with E-state index in [1.807, 2.05) is 24.3 Å². The second kappa shape index (κ2) is 10.6. The third-order valence-electron chi connectivity index (χ3n) is 4.61. The van der Waals surface area contributed by atoms with Crippen LogP contribution in [0.4, 0.5) is 17.3 Å². The van der Waals surface area contributed by atoms with Crippen molar-refractivity contribution in [3.05, 3.63) is 65.9 Å². The molecule has 0 aliphatic carbocycles. The van der Waals surface area contributed by atoms with Crippen molar-refractivity contribution in [3.8, 4) is 17.3 Å². The highest BCUT2D eigenvalue weighted by Gasteiger charge is 2.12. The number of hydrogen-bond acceptors (Lipinski definition) is 6. The van der Waals surface area contributed by atoms with Crippen LogP contribution in [0.2, 0.25) is 0 Å². The summed E-state index contributed by atoms with van der Waals surface area (Å²) in [6.07, 6.45) is 1.63. The summed E-state index contributed by atoms with van der Waals surface area (Å²) in [5.74, 6) is 0.504. The highest BCUT2D eigenvalue weighted by Crippen LogP contribution is 2.25. The molecule has 1 atom stereocenters. The van der Waals surface area contributed by atoms with Gasteiger partial charge in [-0.25, -0.2) is 18.9 Å². The Bertz CT molecular complexity index is 1170. The molecular weight excluding hydrogens is 424 g/mol. The summed E-state index contributed by atoms with van der Waals surface area (Å²) in [5, 5.41) is 15.4. The molecule has 8 nitrogen and oxygen atoms in total. The molecule has 164 valence electrons. The number of anilines is 3. The fraction of sp³-hybridized carbons (Fsp3) is 0.217. The van der Waals surface area contributed by atoms with Crippen molar-refractivity contribution in [1.29, 1.82) is 5.26 Å². The lowest BCUT2D eigenvalue weighted by atomic mass is 10.1. The molecule has 0 saturated heterocycles. The highest BCUT2D eigenvalue weighted by molar-refractivity contribution is 7.82. The topological polar surface area (TPSA) is 120 Å². The van der Waals surface area contributed by atoms with Crippen LogP contribution < -0.4 is 15.4 Å². The van der Waals surface area contributed by atoms with E-state index in [-0.39, 0.29) is 11.8 Å². The second-order valence-electron chi connectivity index (χ2n) is 7.30. The highest BCUT2D eigenvalue weighted by atomic mass is 32.2. The molecule has 1 aromatic heterocycles. The first-order valence-corrected chi connectivity index (χ1v) is 11.3. The number of hydrogen-bond donors (Lipinski definition) is 3. The molecule has 0 radical (unpaired) electrons. The molecule has 1 heterocycles. The number of amides is 1. The predicted molar refractivity (Wildman–Crippen MR) is 126 cm³/mol. The summed E-state index contributed by atoms with van der Waals surface area (Å²) in [6.45, 7) is 3.59. The van der Waals surface area contributed by atoms with Gasteiger partial charge in [-0.1, -0.05) is 32.0 Å². The zero-order chi connectivity index (χ0) is 23.1. The second-order valence-corrected chi connectivity index (χ2v) is 8.69. The van der Waals surface area contributed by atoms with E-state index in [2.05, 4.69) is 31.4 Å². The fourth-order valence-corrected chi connectivity index (χ4v) is 3.44. The van der Waals surface area contributed by atoms with Crippen LogP contribution >= 0.6 is 0 Å². The molecule has 32 heavy (non-hydrogen) atoms. The van der Waals surface area contributed by atoms with Gasteiger partial charge in [0, 0.05) is 23.4 Å². The fourth-order valence-electron chi connectivity index (χ4n) is 2.80. The third-order valence-corrected chi connectivity index (χ3v) is 5.66. The van der Waals surface area contributed by atoms with E-state index < -0.39 is 11.0 Å². The molecule has 1 amide bonds. The number of rotatable bonds is 8. The Kier molecular flexibility index (Phi) is 7.65. The number of carbonyl (C=O) groups excluding carboxylic acids is 1. The van der Waals surface area contributed by atoms with E-state index in [0.717, 1.165) is 16.8 Å². The predicted octanol–water partition coefficient (Wildman–Crippen LogP) is 3.74. The van der Waals surface area contributed by atoms with E-state index in [9.17, 15) is 14.3 Å². The van der Waals surface area contributed by atoms with Crippen LogP contribution in [0.3, 0.4) is 0 Å². The molecule has 2 aromatic carbocycles. The van der Waals surface area contributed by atoms with Crippen molar-refractivity contribution in [2.45, 2.75) is 19.6 Å². The summed E-state index contributed by atoms with van der Waals surface area (Å²) in [6, 6.07) is 16.6. The Morgan fingerprint density at radius 1 is 1.16 bits per heavy atom. The molecule has 3 rings (SSSR count). The van der Waals surface area contributed by atoms with Crippen molar-refractivity contribution in [2.24, 2.45) is 5.92 Å². The molecule has 0 spiro atoms. The molecule has 3 aromatic rings. The number of nitrogens with zero attached hydrogens (tertiary/aromatic N) is 3. The van der Waals surface area contributed by atoms with Gasteiger partial charge >= 0.3 is 0 Å². The molecular formula is C23H24N6O2S. The largest absolute Gasteiger partial charge is 0.325 e. The summed E-state index contributed by atoms with van der Waals surface area (Å²) in [7, 11) is 0.559. The molecule has 0 saturated carbocycles. The third kappa shape index (κ3) is 5.97. The van der Waals surface area contributed by atoms with E-state index in [0.29, 0.717) is 28.6 Å². The smallest absolute Gasteiger partial charge is 0.227 e. The number of benzene rings is 2. The van der Waals surface area contributed by atoms with Gasteiger partial charge in [-0.2, -0.15) is 5.26 Å². The van der Waals surface area contributed by atoms with Crippen LogP contribution in [0, 0.1) is 17.2 Å². The minimum absolute atomic E-state index is 0.147. The Labute approximate surface area is 189 Å². The van der Waals surface area contributed by atoms with E-state index in [4.69, 9.17) is 0 Å². The van der Waals surface area contributed by atoms with Gasteiger partial charge < -0.3 is 10.6 Å². The Morgan fingerprint density at radius 3 is 2.56 bits per heavy atom. The summed E-state index contributed by atoms with van der Waals surface area (Å²) in [5.41, 5.74) is 3.96. The minimum Gasteiger partial charge on any atom is -0.325 e. The van der Waals surface area contributed by atoms with Crippen LogP contribution in [-0.4, -0.2) is 27.1 Å². The first-order valence-electron chi connectivity index (χ1n) is 9.99. The maximum Gasteiger partial charge on any atom is 0.227 e. The van der Waals surface area contributed by atoms with E-state index in [1.165, 1.54) is 0 Å². The van der Waals surface area contributed by atoms with Crippen molar-refractivity contribution in [1.82, 2.24) is 14.7 Å². The Hall–Kier alpha value is -3.61. The lowest BCUT2D eigenvalue weighted by Gasteiger charge is -2.11. The van der Waals surface area contributed by atoms with Gasteiger partial charge in [0.15, 0.2) is 0 Å². The van der Waals surface area contributed by atoms with Gasteiger partial charge in [0.1, 0.15) is 6.07 Å². The zero-order valence-corrected chi connectivity index (χ0v) is 18.9. The van der Waals surface area contributed by atoms with E-state index in [1.54, 1.807) is 51.4 Å². The van der Waals surface area contributed by atoms with Gasteiger partial charge in [0.2, 0.25) is 11.9 Å². The van der Waals surface area contributed by atoms with Crippen molar-refractivity contribution in [2.75, 3.05) is 17.7 Å². The monoisotopic (exact) mass is 448 g/mol. The lowest BCUT2D eigenvalue weighted by Crippen LogP contribution is -2.18. The molecule has 0 bridgehead atoms. The molecule has 0 fully saturated rings. The summed E-state index contributed by atoms with van der Waals surface area (Å²) >= 11 is 0. The van der Waals surface area contributed by atoms with Crippen LogP contribution in [0.25, 0.3) is 11.3 Å².